The molecule has 0 saturated carbocycles. The number of fused-ring (bicyclic) bond motifs is 3. The first-order chi connectivity index (χ1) is 8.22. The molecule has 18 heavy (non-hydrogen) atoms. The second kappa shape index (κ2) is 3.36. The average molecular weight is 309 g/mol. The first-order valence-corrected chi connectivity index (χ1v) is 6.91. The van der Waals surface area contributed by atoms with Gasteiger partial charge in [0.1, 0.15) is 16.8 Å². The summed E-state index contributed by atoms with van der Waals surface area (Å²) in [5.41, 5.74) is 3.76. The molecule has 3 heterocycles. The Kier molecular flexibility index (Phi) is 2.28. The summed E-state index contributed by atoms with van der Waals surface area (Å²) in [6.45, 7) is 10.5. The number of rotatable bonds is 0. The van der Waals surface area contributed by atoms with Crippen LogP contribution in [-0.2, 0) is 15.9 Å². The van der Waals surface area contributed by atoms with Gasteiger partial charge in [-0.05, 0) is 62.2 Å². The van der Waals surface area contributed by atoms with Crippen LogP contribution in [0.15, 0.2) is 16.7 Å². The molecule has 1 aliphatic rings. The maximum Gasteiger partial charge on any atom is 0.140 e. The molecule has 0 saturated heterocycles. The van der Waals surface area contributed by atoms with Crippen LogP contribution in [0.3, 0.4) is 0 Å². The number of hydrogen-bond donors (Lipinski definition) is 0. The van der Waals surface area contributed by atoms with E-state index in [2.05, 4.69) is 67.2 Å². The van der Waals surface area contributed by atoms with Gasteiger partial charge in [-0.3, -0.25) is 4.40 Å². The molecular formula is C14H17BrN2O. The minimum Gasteiger partial charge on any atom is -0.357 e. The van der Waals surface area contributed by atoms with E-state index in [4.69, 9.17) is 9.72 Å². The highest BCUT2D eigenvalue weighted by molar-refractivity contribution is 9.10. The highest BCUT2D eigenvalue weighted by atomic mass is 79.9. The molecule has 0 amide bonds. The molecule has 0 aliphatic carbocycles. The minimum atomic E-state index is -0.330. The summed E-state index contributed by atoms with van der Waals surface area (Å²) in [5, 5.41) is 0. The zero-order valence-corrected chi connectivity index (χ0v) is 12.9. The Morgan fingerprint density at radius 1 is 1.22 bits per heavy atom. The second-order valence-electron chi connectivity index (χ2n) is 5.97. The van der Waals surface area contributed by atoms with Crippen LogP contribution in [0.4, 0.5) is 0 Å². The number of pyridine rings is 1. The van der Waals surface area contributed by atoms with Crippen molar-refractivity contribution in [3.8, 4) is 0 Å². The van der Waals surface area contributed by atoms with E-state index in [1.54, 1.807) is 0 Å². The van der Waals surface area contributed by atoms with Gasteiger partial charge < -0.3 is 4.74 Å². The number of aromatic nitrogens is 2. The van der Waals surface area contributed by atoms with Gasteiger partial charge in [0.25, 0.3) is 0 Å². The third kappa shape index (κ3) is 1.48. The van der Waals surface area contributed by atoms with E-state index >= 15 is 0 Å². The molecule has 0 spiro atoms. The lowest BCUT2D eigenvalue weighted by Crippen LogP contribution is -2.24. The molecule has 0 bridgehead atoms. The molecule has 0 radical (unpaired) electrons. The molecule has 0 unspecified atom stereocenters. The van der Waals surface area contributed by atoms with Crippen LogP contribution in [0.5, 0.6) is 0 Å². The van der Waals surface area contributed by atoms with E-state index in [9.17, 15) is 0 Å². The van der Waals surface area contributed by atoms with E-state index < -0.39 is 0 Å². The highest BCUT2D eigenvalue weighted by Crippen LogP contribution is 2.46. The molecule has 3 nitrogen and oxygen atoms in total. The fourth-order valence-electron chi connectivity index (χ4n) is 3.00. The van der Waals surface area contributed by atoms with Crippen molar-refractivity contribution >= 4 is 21.6 Å². The smallest absolute Gasteiger partial charge is 0.140 e. The van der Waals surface area contributed by atoms with Gasteiger partial charge in [0, 0.05) is 10.7 Å². The molecule has 2 aromatic rings. The van der Waals surface area contributed by atoms with Crippen LogP contribution < -0.4 is 0 Å². The predicted octanol–water partition coefficient (Wildman–Crippen LogP) is 3.91. The topological polar surface area (TPSA) is 26.5 Å². The Labute approximate surface area is 115 Å². The summed E-state index contributed by atoms with van der Waals surface area (Å²) in [6, 6.07) is 2.10. The number of ether oxygens (including phenoxy) is 1. The zero-order chi connectivity index (χ0) is 13.3. The molecule has 4 heteroatoms. The minimum absolute atomic E-state index is 0.314. The fraction of sp³-hybridized carbons (Fsp3) is 0.500. The number of aryl methyl sites for hydroxylation is 1. The summed E-state index contributed by atoms with van der Waals surface area (Å²) in [7, 11) is 0. The van der Waals surface area contributed by atoms with Crippen LogP contribution in [-0.4, -0.2) is 9.38 Å². The van der Waals surface area contributed by atoms with Crippen molar-refractivity contribution in [3.05, 3.63) is 33.7 Å². The van der Waals surface area contributed by atoms with Gasteiger partial charge in [-0.25, -0.2) is 4.98 Å². The van der Waals surface area contributed by atoms with Crippen molar-refractivity contribution < 1.29 is 4.74 Å². The maximum absolute atomic E-state index is 6.14. The van der Waals surface area contributed by atoms with Crippen LogP contribution in [0, 0.1) is 6.92 Å². The van der Waals surface area contributed by atoms with Crippen molar-refractivity contribution in [2.45, 2.75) is 45.8 Å². The quantitative estimate of drug-likeness (QED) is 0.738. The van der Waals surface area contributed by atoms with Gasteiger partial charge in [-0.2, -0.15) is 0 Å². The van der Waals surface area contributed by atoms with E-state index in [-0.39, 0.29) is 11.2 Å². The average Bonchev–Trinajstić information content (AvgIpc) is 2.63. The summed E-state index contributed by atoms with van der Waals surface area (Å²) in [6.07, 6.45) is 2.07. The summed E-state index contributed by atoms with van der Waals surface area (Å²) in [4.78, 5) is 4.80. The van der Waals surface area contributed by atoms with Crippen LogP contribution >= 0.6 is 15.9 Å². The number of hydrogen-bond acceptors (Lipinski definition) is 2. The summed E-state index contributed by atoms with van der Waals surface area (Å²) in [5.74, 6) is 0. The predicted molar refractivity (Wildman–Crippen MR) is 74.8 cm³/mol. The van der Waals surface area contributed by atoms with Gasteiger partial charge in [0.15, 0.2) is 0 Å². The number of imidazole rings is 1. The Balaban J connectivity index is 2.46. The molecular weight excluding hydrogens is 292 g/mol. The van der Waals surface area contributed by atoms with E-state index in [1.165, 1.54) is 5.56 Å². The van der Waals surface area contributed by atoms with Gasteiger partial charge in [0.05, 0.1) is 11.4 Å². The third-order valence-corrected chi connectivity index (χ3v) is 3.96. The van der Waals surface area contributed by atoms with Crippen LogP contribution in [0.1, 0.15) is 44.6 Å². The molecule has 0 atom stereocenters. The third-order valence-electron chi connectivity index (χ3n) is 3.52. The lowest BCUT2D eigenvalue weighted by atomic mass is 10.0. The molecule has 0 fully saturated rings. The van der Waals surface area contributed by atoms with Gasteiger partial charge in [-0.1, -0.05) is 0 Å². The largest absolute Gasteiger partial charge is 0.357 e. The Morgan fingerprint density at radius 3 is 2.56 bits per heavy atom. The van der Waals surface area contributed by atoms with Crippen LogP contribution in [0.2, 0.25) is 0 Å². The van der Waals surface area contributed by atoms with E-state index in [0.29, 0.717) is 0 Å². The molecule has 3 rings (SSSR count). The normalized spacial score (nSPS) is 20.3. The maximum atomic E-state index is 6.14. The standard InChI is InChI=1S/C14H17BrN2O/c1-8-6-9(15)7-17-11-10(16-12(8)17)13(2,3)18-14(11,4)5/h6-7H,1-5H3. The Bertz CT molecular complexity index is 655. The van der Waals surface area contributed by atoms with Gasteiger partial charge >= 0.3 is 0 Å². The molecule has 0 N–H and O–H groups in total. The first kappa shape index (κ1) is 12.2. The van der Waals surface area contributed by atoms with Crippen molar-refractivity contribution in [1.29, 1.82) is 0 Å². The Hall–Kier alpha value is -0.870. The molecule has 2 aromatic heterocycles. The van der Waals surface area contributed by atoms with Crippen molar-refractivity contribution in [2.24, 2.45) is 0 Å². The zero-order valence-electron chi connectivity index (χ0n) is 11.3. The molecule has 0 aromatic carbocycles. The first-order valence-electron chi connectivity index (χ1n) is 6.12. The number of halogens is 1. The van der Waals surface area contributed by atoms with Gasteiger partial charge in [0.2, 0.25) is 0 Å². The van der Waals surface area contributed by atoms with Crippen LogP contribution in [0.25, 0.3) is 5.65 Å². The van der Waals surface area contributed by atoms with Gasteiger partial charge in [-0.15, -0.1) is 0 Å². The van der Waals surface area contributed by atoms with Crippen molar-refractivity contribution in [2.75, 3.05) is 0 Å². The van der Waals surface area contributed by atoms with E-state index in [1.807, 2.05) is 0 Å². The summed E-state index contributed by atoms with van der Waals surface area (Å²) >= 11 is 3.55. The highest BCUT2D eigenvalue weighted by Gasteiger charge is 2.47. The summed E-state index contributed by atoms with van der Waals surface area (Å²) < 4.78 is 9.36. The number of nitrogens with zero attached hydrogens (tertiary/aromatic N) is 2. The van der Waals surface area contributed by atoms with E-state index in [0.717, 1.165) is 21.5 Å². The molecule has 1 aliphatic heterocycles. The monoisotopic (exact) mass is 308 g/mol. The van der Waals surface area contributed by atoms with Crippen molar-refractivity contribution in [3.63, 3.8) is 0 Å². The van der Waals surface area contributed by atoms with Crippen molar-refractivity contribution in [1.82, 2.24) is 9.38 Å². The lowest BCUT2D eigenvalue weighted by molar-refractivity contribution is -0.108. The fourth-order valence-corrected chi connectivity index (χ4v) is 3.55. The lowest BCUT2D eigenvalue weighted by Gasteiger charge is -2.25. The molecule has 96 valence electrons. The SMILES string of the molecule is Cc1cc(Br)cn2c3c(nc12)C(C)(C)OC3(C)C. The Morgan fingerprint density at radius 2 is 1.89 bits per heavy atom. The second-order valence-corrected chi connectivity index (χ2v) is 6.88.